The molecule has 0 fully saturated rings. The second-order valence-corrected chi connectivity index (χ2v) is 7.16. The van der Waals surface area contributed by atoms with E-state index in [4.69, 9.17) is 21.3 Å². The SMILES string of the molecule is CC1=C(C(N)=O)C(c2ccc([N+](=O)[O-])cc2)C(C(=O)OCCC#N)=C(CCCCN=[N+]=[N-])N1. The predicted molar refractivity (Wildman–Crippen MR) is 117 cm³/mol. The number of nitriles is 1. The number of amides is 1. The number of nitro benzene ring substituents is 1. The summed E-state index contributed by atoms with van der Waals surface area (Å²) in [6.07, 6.45) is 1.52. The van der Waals surface area contributed by atoms with Crippen molar-refractivity contribution in [2.75, 3.05) is 13.2 Å². The second kappa shape index (κ2) is 11.9. The summed E-state index contributed by atoms with van der Waals surface area (Å²) in [5, 5.41) is 26.4. The number of primary amides is 1. The Morgan fingerprint density at radius 3 is 2.61 bits per heavy atom. The van der Waals surface area contributed by atoms with Crippen LogP contribution in [-0.4, -0.2) is 30.0 Å². The number of rotatable bonds is 11. The second-order valence-electron chi connectivity index (χ2n) is 7.16. The topological polar surface area (TPSA) is 197 Å². The fraction of sp³-hybridized carbons (Fsp3) is 0.381. The van der Waals surface area contributed by atoms with Gasteiger partial charge in [-0.1, -0.05) is 17.2 Å². The lowest BCUT2D eigenvalue weighted by Crippen LogP contribution is -2.35. The quantitative estimate of drug-likeness (QED) is 0.0974. The minimum absolute atomic E-state index is 0.00626. The highest BCUT2D eigenvalue weighted by molar-refractivity contribution is 6.01. The summed E-state index contributed by atoms with van der Waals surface area (Å²) in [6.45, 7) is 1.81. The zero-order chi connectivity index (χ0) is 24.4. The molecule has 2 rings (SSSR count). The number of nitrogens with zero attached hydrogens (tertiary/aromatic N) is 5. The van der Waals surface area contributed by atoms with Crippen molar-refractivity contribution in [3.8, 4) is 6.07 Å². The number of carbonyl (C=O) groups is 2. The van der Waals surface area contributed by atoms with Gasteiger partial charge in [0, 0.05) is 40.6 Å². The lowest BCUT2D eigenvalue weighted by molar-refractivity contribution is -0.384. The number of nitrogens with two attached hydrogens (primary N) is 1. The number of hydrogen-bond acceptors (Lipinski definition) is 8. The van der Waals surface area contributed by atoms with Crippen LogP contribution in [0.3, 0.4) is 0 Å². The normalized spacial score (nSPS) is 15.2. The molecule has 0 spiro atoms. The first-order valence-electron chi connectivity index (χ1n) is 10.1. The van der Waals surface area contributed by atoms with Crippen molar-refractivity contribution in [3.05, 3.63) is 72.9 Å². The number of nitrogens with one attached hydrogen (secondary N) is 1. The molecule has 0 bridgehead atoms. The van der Waals surface area contributed by atoms with E-state index in [0.29, 0.717) is 42.8 Å². The number of carbonyl (C=O) groups excluding carboxylic acids is 2. The van der Waals surface area contributed by atoms with Crippen molar-refractivity contribution in [2.45, 2.75) is 38.5 Å². The Morgan fingerprint density at radius 1 is 1.33 bits per heavy atom. The van der Waals surface area contributed by atoms with Crippen LogP contribution in [0, 0.1) is 21.4 Å². The molecule has 1 aliphatic rings. The van der Waals surface area contributed by atoms with E-state index in [1.165, 1.54) is 24.3 Å². The highest BCUT2D eigenvalue weighted by atomic mass is 16.6. The number of azide groups is 1. The first kappa shape index (κ1) is 24.9. The third kappa shape index (κ3) is 6.32. The van der Waals surface area contributed by atoms with E-state index in [0.717, 1.165) is 0 Å². The molecule has 1 aromatic rings. The summed E-state index contributed by atoms with van der Waals surface area (Å²) in [5.74, 6) is -2.39. The van der Waals surface area contributed by atoms with Gasteiger partial charge in [-0.15, -0.1) is 0 Å². The Labute approximate surface area is 189 Å². The molecule has 12 nitrogen and oxygen atoms in total. The van der Waals surface area contributed by atoms with Crippen LogP contribution >= 0.6 is 0 Å². The molecule has 33 heavy (non-hydrogen) atoms. The van der Waals surface area contributed by atoms with Crippen LogP contribution in [0.1, 0.15) is 44.1 Å². The van der Waals surface area contributed by atoms with E-state index in [2.05, 4.69) is 15.3 Å². The first-order valence-corrected chi connectivity index (χ1v) is 10.1. The van der Waals surface area contributed by atoms with Gasteiger partial charge in [-0.2, -0.15) is 5.26 Å². The Kier molecular flexibility index (Phi) is 8.96. The van der Waals surface area contributed by atoms with Crippen LogP contribution in [0.4, 0.5) is 5.69 Å². The molecule has 0 saturated heterocycles. The minimum atomic E-state index is -0.911. The molecule has 172 valence electrons. The summed E-state index contributed by atoms with van der Waals surface area (Å²) in [5.41, 5.74) is 15.6. The van der Waals surface area contributed by atoms with Crippen molar-refractivity contribution in [3.63, 3.8) is 0 Å². The molecule has 3 N–H and O–H groups in total. The highest BCUT2D eigenvalue weighted by Gasteiger charge is 2.37. The number of hydrogen-bond donors (Lipinski definition) is 2. The van der Waals surface area contributed by atoms with Crippen LogP contribution in [0.5, 0.6) is 0 Å². The minimum Gasteiger partial charge on any atom is -0.461 e. The number of dihydropyridines is 1. The summed E-state index contributed by atoms with van der Waals surface area (Å²) >= 11 is 0. The number of nitro groups is 1. The van der Waals surface area contributed by atoms with Crippen LogP contribution in [0.2, 0.25) is 0 Å². The van der Waals surface area contributed by atoms with Gasteiger partial charge in [-0.05, 0) is 37.3 Å². The number of allylic oxidation sites excluding steroid dienone is 2. The van der Waals surface area contributed by atoms with Crippen LogP contribution < -0.4 is 11.1 Å². The molecule has 1 atom stereocenters. The summed E-state index contributed by atoms with van der Waals surface area (Å²) in [6, 6.07) is 7.38. The third-order valence-corrected chi connectivity index (χ3v) is 5.01. The largest absolute Gasteiger partial charge is 0.461 e. The molecular formula is C21H23N7O5. The van der Waals surface area contributed by atoms with Gasteiger partial charge in [0.2, 0.25) is 5.91 Å². The number of unbranched alkanes of at least 4 members (excludes halogenated alkanes) is 1. The van der Waals surface area contributed by atoms with E-state index in [1.54, 1.807) is 6.92 Å². The molecule has 0 aromatic heterocycles. The van der Waals surface area contributed by atoms with Gasteiger partial charge in [0.25, 0.3) is 5.69 Å². The fourth-order valence-corrected chi connectivity index (χ4v) is 3.58. The summed E-state index contributed by atoms with van der Waals surface area (Å²) in [4.78, 5) is 38.6. The average Bonchev–Trinajstić information content (AvgIpc) is 2.78. The Hall–Kier alpha value is -4.36. The predicted octanol–water partition coefficient (Wildman–Crippen LogP) is 3.23. The van der Waals surface area contributed by atoms with Crippen molar-refractivity contribution in [1.29, 1.82) is 5.26 Å². The highest BCUT2D eigenvalue weighted by Crippen LogP contribution is 2.40. The van der Waals surface area contributed by atoms with Gasteiger partial charge in [-0.3, -0.25) is 14.9 Å². The van der Waals surface area contributed by atoms with Crippen molar-refractivity contribution < 1.29 is 19.2 Å². The monoisotopic (exact) mass is 453 g/mol. The average molecular weight is 453 g/mol. The summed E-state index contributed by atoms with van der Waals surface area (Å²) in [7, 11) is 0. The number of non-ortho nitro benzene ring substituents is 1. The number of ether oxygens (including phenoxy) is 1. The van der Waals surface area contributed by atoms with E-state index >= 15 is 0 Å². The molecule has 1 unspecified atom stereocenters. The fourth-order valence-electron chi connectivity index (χ4n) is 3.58. The maximum atomic E-state index is 13.1. The molecule has 0 radical (unpaired) electrons. The van der Waals surface area contributed by atoms with Gasteiger partial charge >= 0.3 is 5.97 Å². The zero-order valence-corrected chi connectivity index (χ0v) is 18.0. The lowest BCUT2D eigenvalue weighted by Gasteiger charge is -2.31. The molecular weight excluding hydrogens is 430 g/mol. The molecule has 0 saturated carbocycles. The van der Waals surface area contributed by atoms with Crippen LogP contribution in [-0.2, 0) is 14.3 Å². The van der Waals surface area contributed by atoms with Crippen molar-refractivity contribution >= 4 is 17.6 Å². The Morgan fingerprint density at radius 2 is 2.03 bits per heavy atom. The van der Waals surface area contributed by atoms with E-state index < -0.39 is 22.7 Å². The molecule has 0 aliphatic carbocycles. The van der Waals surface area contributed by atoms with Gasteiger partial charge in [-0.25, -0.2) is 4.79 Å². The lowest BCUT2D eigenvalue weighted by atomic mass is 9.79. The maximum absolute atomic E-state index is 13.1. The number of esters is 1. The maximum Gasteiger partial charge on any atom is 0.336 e. The molecule has 1 aromatic carbocycles. The summed E-state index contributed by atoms with van der Waals surface area (Å²) < 4.78 is 5.27. The van der Waals surface area contributed by atoms with Crippen LogP contribution in [0.25, 0.3) is 10.4 Å². The zero-order valence-electron chi connectivity index (χ0n) is 18.0. The van der Waals surface area contributed by atoms with Crippen molar-refractivity contribution in [2.24, 2.45) is 10.8 Å². The van der Waals surface area contributed by atoms with Gasteiger partial charge < -0.3 is 15.8 Å². The third-order valence-electron chi connectivity index (χ3n) is 5.01. The standard InChI is InChI=1S/C21H23N7O5/c1-13-17(20(23)29)18(14-6-8-15(9-7-14)28(31)32)19(21(30)33-12-4-10-22)16(26-13)5-2-3-11-25-27-24/h6-9,18,26H,2-5,11-12H2,1H3,(H2,23,29). The first-order chi connectivity index (χ1) is 15.8. The smallest absolute Gasteiger partial charge is 0.336 e. The van der Waals surface area contributed by atoms with Gasteiger partial charge in [0.1, 0.15) is 6.61 Å². The molecule has 1 aliphatic heterocycles. The Bertz CT molecular complexity index is 1080. The Balaban J connectivity index is 2.55. The molecule has 12 heteroatoms. The van der Waals surface area contributed by atoms with E-state index in [1.807, 2.05) is 6.07 Å². The van der Waals surface area contributed by atoms with E-state index in [9.17, 15) is 19.7 Å². The molecule has 1 heterocycles. The van der Waals surface area contributed by atoms with Gasteiger partial charge in [0.15, 0.2) is 0 Å². The van der Waals surface area contributed by atoms with Crippen molar-refractivity contribution in [1.82, 2.24) is 5.32 Å². The number of benzene rings is 1. The molecule has 1 amide bonds. The van der Waals surface area contributed by atoms with E-state index in [-0.39, 0.29) is 29.9 Å². The van der Waals surface area contributed by atoms with Gasteiger partial charge in [0.05, 0.1) is 28.9 Å². The van der Waals surface area contributed by atoms with Crippen LogP contribution in [0.15, 0.2) is 51.9 Å².